The molecule has 1 aromatic carbocycles. The number of halogens is 1. The van der Waals surface area contributed by atoms with Gasteiger partial charge in [0.15, 0.2) is 4.96 Å². The number of likely N-dealkylation sites (tertiary alicyclic amines) is 1. The highest BCUT2D eigenvalue weighted by Gasteiger charge is 2.34. The second-order valence-corrected chi connectivity index (χ2v) is 9.80. The van der Waals surface area contributed by atoms with E-state index in [0.29, 0.717) is 4.88 Å². The first-order valence-electron chi connectivity index (χ1n) is 9.30. The number of alkyl halides is 1. The molecule has 0 unspecified atom stereocenters. The third-order valence-corrected chi connectivity index (χ3v) is 7.40. The average molecular weight is 468 g/mol. The number of fused-ring (bicyclic) bond motifs is 1. The van der Waals surface area contributed by atoms with E-state index in [1.807, 2.05) is 6.92 Å². The number of nitrogens with zero attached hydrogens (tertiary/aromatic N) is 3. The predicted octanol–water partition coefficient (Wildman–Crippen LogP) is 2.64. The Kier molecular flexibility index (Phi) is 5.43. The van der Waals surface area contributed by atoms with Gasteiger partial charge in [-0.2, -0.15) is 13.4 Å². The maximum absolute atomic E-state index is 14.6. The van der Waals surface area contributed by atoms with E-state index in [-0.39, 0.29) is 35.2 Å². The summed E-state index contributed by atoms with van der Waals surface area (Å²) in [7, 11) is -4.18. The third-order valence-electron chi connectivity index (χ3n) is 5.04. The molecule has 1 N–H and O–H groups in total. The summed E-state index contributed by atoms with van der Waals surface area (Å²) in [6, 6.07) is 6.98. The molecule has 12 heteroatoms. The Hall–Kier alpha value is -2.99. The molecule has 164 valence electrons. The number of carbonyl (C=O) groups is 1. The molecule has 0 radical (unpaired) electrons. The number of hydrogen-bond donors (Lipinski definition) is 1. The third kappa shape index (κ3) is 4.26. The minimum absolute atomic E-state index is 0.0718. The Morgan fingerprint density at radius 2 is 2.03 bits per heavy atom. The van der Waals surface area contributed by atoms with Crippen molar-refractivity contribution in [3.05, 3.63) is 57.3 Å². The maximum Gasteiger partial charge on any atom is 0.407 e. The van der Waals surface area contributed by atoms with Crippen molar-refractivity contribution in [3.8, 4) is 5.88 Å². The van der Waals surface area contributed by atoms with E-state index in [4.69, 9.17) is 9.29 Å². The van der Waals surface area contributed by atoms with Crippen molar-refractivity contribution in [2.24, 2.45) is 0 Å². The van der Waals surface area contributed by atoms with E-state index in [1.165, 1.54) is 22.7 Å². The quantitative estimate of drug-likeness (QED) is 0.586. The van der Waals surface area contributed by atoms with Crippen LogP contribution in [0.1, 0.15) is 22.8 Å². The number of rotatable bonds is 4. The van der Waals surface area contributed by atoms with Crippen molar-refractivity contribution in [3.63, 3.8) is 0 Å². The van der Waals surface area contributed by atoms with Gasteiger partial charge in [-0.1, -0.05) is 17.7 Å². The molecule has 2 atom stereocenters. The lowest BCUT2D eigenvalue weighted by molar-refractivity contribution is 0.0969. The zero-order valence-corrected chi connectivity index (χ0v) is 17.9. The van der Waals surface area contributed by atoms with E-state index in [2.05, 4.69) is 4.98 Å². The van der Waals surface area contributed by atoms with Gasteiger partial charge in [0.25, 0.3) is 5.56 Å². The highest BCUT2D eigenvalue weighted by atomic mass is 32.2. The summed E-state index contributed by atoms with van der Waals surface area (Å²) in [5.41, 5.74) is 0.309. The number of hydrogen-bond acceptors (Lipinski definition) is 7. The molecule has 31 heavy (non-hydrogen) atoms. The van der Waals surface area contributed by atoms with Gasteiger partial charge in [0.05, 0.1) is 12.6 Å². The average Bonchev–Trinajstić information content (AvgIpc) is 3.12. The first kappa shape index (κ1) is 21.2. The van der Waals surface area contributed by atoms with E-state index in [1.54, 1.807) is 12.1 Å². The van der Waals surface area contributed by atoms with Crippen molar-refractivity contribution >= 4 is 32.5 Å². The number of amides is 1. The van der Waals surface area contributed by atoms with Crippen LogP contribution in [0.2, 0.25) is 0 Å². The Bertz CT molecular complexity index is 1300. The number of carboxylic acid groups (broad SMARTS) is 1. The summed E-state index contributed by atoms with van der Waals surface area (Å²) in [5.74, 6) is -0.959. The van der Waals surface area contributed by atoms with E-state index in [0.717, 1.165) is 27.9 Å². The van der Waals surface area contributed by atoms with E-state index in [9.17, 15) is 22.4 Å². The van der Waals surface area contributed by atoms with Gasteiger partial charge in [0, 0.05) is 23.5 Å². The molecule has 0 saturated carbocycles. The molecule has 0 spiro atoms. The fraction of sp³-hybridized carbons (Fsp3) is 0.316. The van der Waals surface area contributed by atoms with E-state index < -0.39 is 33.9 Å². The second kappa shape index (κ2) is 7.93. The van der Waals surface area contributed by atoms with Crippen molar-refractivity contribution in [2.45, 2.75) is 30.3 Å². The molecule has 9 nitrogen and oxygen atoms in total. The molecule has 1 fully saturated rings. The highest BCUT2D eigenvalue weighted by molar-refractivity contribution is 7.87. The lowest BCUT2D eigenvalue weighted by Gasteiger charge is -2.32. The molecule has 4 rings (SSSR count). The zero-order chi connectivity index (χ0) is 22.3. The van der Waals surface area contributed by atoms with Crippen molar-refractivity contribution in [2.75, 3.05) is 13.1 Å². The van der Waals surface area contributed by atoms with Crippen LogP contribution in [-0.2, 0) is 10.1 Å². The van der Waals surface area contributed by atoms with Gasteiger partial charge < -0.3 is 14.2 Å². The molecule has 3 aromatic rings. The van der Waals surface area contributed by atoms with Crippen LogP contribution < -0.4 is 9.74 Å². The minimum atomic E-state index is -4.18. The lowest BCUT2D eigenvalue weighted by Crippen LogP contribution is -2.43. The summed E-state index contributed by atoms with van der Waals surface area (Å²) in [6.07, 6.45) is -0.875. The molecular formula is C19H18FN3O6S2. The van der Waals surface area contributed by atoms with Crippen molar-refractivity contribution in [1.29, 1.82) is 0 Å². The molecular weight excluding hydrogens is 449 g/mol. The fourth-order valence-electron chi connectivity index (χ4n) is 3.38. The number of aromatic nitrogens is 2. The van der Waals surface area contributed by atoms with E-state index >= 15 is 0 Å². The summed E-state index contributed by atoms with van der Waals surface area (Å²) >= 11 is 1.04. The van der Waals surface area contributed by atoms with Crippen LogP contribution in [0, 0.1) is 6.92 Å². The molecule has 2 aromatic heterocycles. The highest BCUT2D eigenvalue weighted by Crippen LogP contribution is 2.34. The number of piperidine rings is 1. The predicted molar refractivity (Wildman–Crippen MR) is 110 cm³/mol. The summed E-state index contributed by atoms with van der Waals surface area (Å²) in [5, 5.41) is 9.03. The smallest absolute Gasteiger partial charge is 0.407 e. The molecule has 0 aliphatic carbocycles. The normalized spacial score (nSPS) is 19.5. The van der Waals surface area contributed by atoms with Gasteiger partial charge in [0.1, 0.15) is 11.1 Å². The van der Waals surface area contributed by atoms with Gasteiger partial charge >= 0.3 is 16.2 Å². The van der Waals surface area contributed by atoms with Crippen LogP contribution in [0.4, 0.5) is 9.18 Å². The van der Waals surface area contributed by atoms with Crippen LogP contribution >= 0.6 is 11.3 Å². The first-order valence-corrected chi connectivity index (χ1v) is 11.5. The first-order chi connectivity index (χ1) is 14.6. The van der Waals surface area contributed by atoms with Gasteiger partial charge in [0.2, 0.25) is 5.88 Å². The maximum atomic E-state index is 14.6. The Balaban J connectivity index is 1.62. The number of thiazole rings is 1. The van der Waals surface area contributed by atoms with Crippen LogP contribution in [0.15, 0.2) is 46.2 Å². The molecule has 1 aliphatic rings. The minimum Gasteiger partial charge on any atom is -0.465 e. The van der Waals surface area contributed by atoms with Crippen molar-refractivity contribution < 1.29 is 26.9 Å². The number of benzene rings is 1. The van der Waals surface area contributed by atoms with Gasteiger partial charge in [-0.3, -0.25) is 9.20 Å². The second-order valence-electron chi connectivity index (χ2n) is 7.21. The molecule has 1 aliphatic heterocycles. The Labute approximate surface area is 180 Å². The monoisotopic (exact) mass is 467 g/mol. The van der Waals surface area contributed by atoms with Gasteiger partial charge in [-0.15, -0.1) is 11.3 Å². The standard InChI is InChI=1S/C19H18FN3O6S2/c1-11-2-4-12(5-3-11)31(27,28)29-16-8-17(24)23-10-15(30-18(23)21-16)13-6-7-22(19(25)26)9-14(13)20/h2-5,8,10,13-14H,6-7,9H2,1H3,(H,25,26)/t13-,14+/m1/s1. The van der Waals surface area contributed by atoms with Crippen LogP contribution in [0.3, 0.4) is 0 Å². The Morgan fingerprint density at radius 1 is 1.32 bits per heavy atom. The molecule has 0 bridgehead atoms. The van der Waals surface area contributed by atoms with Crippen LogP contribution in [-0.4, -0.2) is 53.2 Å². The molecule has 3 heterocycles. The largest absolute Gasteiger partial charge is 0.465 e. The topological polar surface area (TPSA) is 118 Å². The lowest BCUT2D eigenvalue weighted by atomic mass is 9.94. The van der Waals surface area contributed by atoms with Crippen molar-refractivity contribution in [1.82, 2.24) is 14.3 Å². The molecule has 1 amide bonds. The van der Waals surface area contributed by atoms with Crippen LogP contribution in [0.5, 0.6) is 5.88 Å². The summed E-state index contributed by atoms with van der Waals surface area (Å²) < 4.78 is 45.8. The number of aryl methyl sites for hydroxylation is 1. The zero-order valence-electron chi connectivity index (χ0n) is 16.3. The fourth-order valence-corrected chi connectivity index (χ4v) is 5.42. The van der Waals surface area contributed by atoms with Gasteiger partial charge in [-0.05, 0) is 25.5 Å². The molecule has 1 saturated heterocycles. The summed E-state index contributed by atoms with van der Waals surface area (Å²) in [4.78, 5) is 29.2. The van der Waals surface area contributed by atoms with Crippen LogP contribution in [0.25, 0.3) is 4.96 Å². The Morgan fingerprint density at radius 3 is 2.68 bits per heavy atom. The summed E-state index contributed by atoms with van der Waals surface area (Å²) in [6.45, 7) is 1.75. The van der Waals surface area contributed by atoms with Gasteiger partial charge in [-0.25, -0.2) is 9.18 Å². The SMILES string of the molecule is Cc1ccc(S(=O)(=O)Oc2cc(=O)n3cc([C@@H]4CCN(C(=O)O)C[C@@H]4F)sc3n2)cc1.